The molecule has 3 heteroatoms. The largest absolute Gasteiger partial charge is 0.376 e. The molecule has 0 radical (unpaired) electrons. The van der Waals surface area contributed by atoms with Crippen LogP contribution in [0, 0.1) is 0 Å². The molecule has 72 valence electrons. The summed E-state index contributed by atoms with van der Waals surface area (Å²) in [6, 6.07) is 0. The van der Waals surface area contributed by atoms with Crippen molar-refractivity contribution >= 4 is 22.6 Å². The Hall–Kier alpha value is 0.650. The normalized spacial score (nSPS) is 24.8. The van der Waals surface area contributed by atoms with Crippen LogP contribution in [0.2, 0.25) is 0 Å². The molecule has 0 N–H and O–H groups in total. The van der Waals surface area contributed by atoms with Gasteiger partial charge in [0.25, 0.3) is 0 Å². The Morgan fingerprint density at radius 1 is 1.58 bits per heavy atom. The lowest BCUT2D eigenvalue weighted by Crippen LogP contribution is -2.30. The van der Waals surface area contributed by atoms with Crippen molar-refractivity contribution in [3.05, 3.63) is 0 Å². The highest BCUT2D eigenvalue weighted by Gasteiger charge is 2.21. The Bertz CT molecular complexity index is 130. The van der Waals surface area contributed by atoms with Gasteiger partial charge in [-0.3, -0.25) is 0 Å². The fourth-order valence-corrected chi connectivity index (χ4v) is 1.35. The maximum atomic E-state index is 5.73. The molecule has 0 aromatic carbocycles. The zero-order chi connectivity index (χ0) is 9.03. The van der Waals surface area contributed by atoms with Crippen LogP contribution in [0.15, 0.2) is 0 Å². The molecule has 2 nitrogen and oxygen atoms in total. The van der Waals surface area contributed by atoms with Gasteiger partial charge in [-0.2, -0.15) is 0 Å². The van der Waals surface area contributed by atoms with Crippen molar-refractivity contribution < 1.29 is 9.47 Å². The first-order chi connectivity index (χ1) is 5.64. The molecule has 1 atom stereocenters. The number of halogens is 1. The average Bonchev–Trinajstić information content (AvgIpc) is 2.53. The summed E-state index contributed by atoms with van der Waals surface area (Å²) in [6.07, 6.45) is 2.71. The topological polar surface area (TPSA) is 18.5 Å². The van der Waals surface area contributed by atoms with Crippen LogP contribution in [0.1, 0.15) is 26.7 Å². The van der Waals surface area contributed by atoms with Gasteiger partial charge in [-0.25, -0.2) is 0 Å². The number of alkyl halides is 1. The molecule has 1 aliphatic heterocycles. The third kappa shape index (κ3) is 3.58. The van der Waals surface area contributed by atoms with Gasteiger partial charge in [0.2, 0.25) is 0 Å². The SMILES string of the molecule is CC(C)(CI)OCC1CCCO1. The van der Waals surface area contributed by atoms with E-state index < -0.39 is 0 Å². The van der Waals surface area contributed by atoms with E-state index in [0.717, 1.165) is 24.1 Å². The van der Waals surface area contributed by atoms with E-state index in [2.05, 4.69) is 36.4 Å². The zero-order valence-electron chi connectivity index (χ0n) is 7.81. The lowest BCUT2D eigenvalue weighted by Gasteiger charge is -2.24. The van der Waals surface area contributed by atoms with E-state index in [1.807, 2.05) is 0 Å². The van der Waals surface area contributed by atoms with Crippen molar-refractivity contribution in [1.82, 2.24) is 0 Å². The van der Waals surface area contributed by atoms with E-state index in [1.165, 1.54) is 6.42 Å². The van der Waals surface area contributed by atoms with Crippen molar-refractivity contribution in [2.24, 2.45) is 0 Å². The monoisotopic (exact) mass is 284 g/mol. The third-order valence-electron chi connectivity index (χ3n) is 2.01. The molecule has 0 amide bonds. The van der Waals surface area contributed by atoms with Crippen LogP contribution in [0.4, 0.5) is 0 Å². The van der Waals surface area contributed by atoms with Crippen LogP contribution >= 0.6 is 22.6 Å². The predicted molar refractivity (Wildman–Crippen MR) is 57.9 cm³/mol. The quantitative estimate of drug-likeness (QED) is 0.583. The van der Waals surface area contributed by atoms with Crippen LogP contribution in [0.5, 0.6) is 0 Å². The van der Waals surface area contributed by atoms with Crippen molar-refractivity contribution in [3.8, 4) is 0 Å². The molecule has 1 fully saturated rings. The van der Waals surface area contributed by atoms with Gasteiger partial charge in [0.15, 0.2) is 0 Å². The van der Waals surface area contributed by atoms with Gasteiger partial charge in [0, 0.05) is 11.0 Å². The molecule has 1 heterocycles. The molecule has 1 rings (SSSR count). The van der Waals surface area contributed by atoms with Gasteiger partial charge in [-0.05, 0) is 26.7 Å². The molecule has 12 heavy (non-hydrogen) atoms. The maximum absolute atomic E-state index is 5.73. The van der Waals surface area contributed by atoms with E-state index in [0.29, 0.717) is 6.10 Å². The Balaban J connectivity index is 2.15. The van der Waals surface area contributed by atoms with Crippen LogP contribution < -0.4 is 0 Å². The molecule has 0 spiro atoms. The maximum Gasteiger partial charge on any atom is 0.0809 e. The molecular formula is C9H17IO2. The second kappa shape index (κ2) is 4.77. The molecule has 1 saturated heterocycles. The van der Waals surface area contributed by atoms with E-state index in [4.69, 9.17) is 9.47 Å². The van der Waals surface area contributed by atoms with Crippen molar-refractivity contribution in [2.45, 2.75) is 38.4 Å². The molecule has 1 unspecified atom stereocenters. The highest BCUT2D eigenvalue weighted by Crippen LogP contribution is 2.17. The third-order valence-corrected chi connectivity index (χ3v) is 3.84. The molecule has 1 aliphatic rings. The minimum atomic E-state index is 0.00646. The number of hydrogen-bond acceptors (Lipinski definition) is 2. The van der Waals surface area contributed by atoms with Crippen molar-refractivity contribution in [3.63, 3.8) is 0 Å². The molecule has 0 bridgehead atoms. The number of ether oxygens (including phenoxy) is 2. The zero-order valence-corrected chi connectivity index (χ0v) is 9.96. The summed E-state index contributed by atoms with van der Waals surface area (Å²) in [5, 5.41) is 0. The van der Waals surface area contributed by atoms with Gasteiger partial charge in [0.05, 0.1) is 18.3 Å². The summed E-state index contributed by atoms with van der Waals surface area (Å²) in [5.74, 6) is 0. The van der Waals surface area contributed by atoms with Crippen LogP contribution in [0.3, 0.4) is 0 Å². The van der Waals surface area contributed by atoms with E-state index in [-0.39, 0.29) is 5.60 Å². The van der Waals surface area contributed by atoms with Gasteiger partial charge >= 0.3 is 0 Å². The standard InChI is InChI=1S/C9H17IO2/c1-9(2,7-10)12-6-8-4-3-5-11-8/h8H,3-7H2,1-2H3. The van der Waals surface area contributed by atoms with Crippen molar-refractivity contribution in [2.75, 3.05) is 17.6 Å². The molecular weight excluding hydrogens is 267 g/mol. The first-order valence-corrected chi connectivity index (χ1v) is 5.98. The van der Waals surface area contributed by atoms with Crippen LogP contribution in [-0.2, 0) is 9.47 Å². The van der Waals surface area contributed by atoms with E-state index in [1.54, 1.807) is 0 Å². The Morgan fingerprint density at radius 2 is 2.33 bits per heavy atom. The molecule has 0 aromatic rings. The predicted octanol–water partition coefficient (Wildman–Crippen LogP) is 2.40. The first-order valence-electron chi connectivity index (χ1n) is 4.45. The molecule has 0 aliphatic carbocycles. The summed E-state index contributed by atoms with van der Waals surface area (Å²) in [5.41, 5.74) is 0.00646. The summed E-state index contributed by atoms with van der Waals surface area (Å²) < 4.78 is 12.2. The smallest absolute Gasteiger partial charge is 0.0809 e. The Labute approximate surface area is 88.1 Å². The minimum Gasteiger partial charge on any atom is -0.376 e. The number of hydrogen-bond donors (Lipinski definition) is 0. The molecule has 0 aromatic heterocycles. The highest BCUT2D eigenvalue weighted by molar-refractivity contribution is 14.1. The number of rotatable bonds is 4. The summed E-state index contributed by atoms with van der Waals surface area (Å²) >= 11 is 2.35. The second-order valence-electron chi connectivity index (χ2n) is 3.84. The van der Waals surface area contributed by atoms with Gasteiger partial charge in [0.1, 0.15) is 0 Å². The van der Waals surface area contributed by atoms with Crippen molar-refractivity contribution in [1.29, 1.82) is 0 Å². The summed E-state index contributed by atoms with van der Waals surface area (Å²) in [7, 11) is 0. The van der Waals surface area contributed by atoms with Gasteiger partial charge in [-0.15, -0.1) is 0 Å². The van der Waals surface area contributed by atoms with Gasteiger partial charge < -0.3 is 9.47 Å². The highest BCUT2D eigenvalue weighted by atomic mass is 127. The fraction of sp³-hybridized carbons (Fsp3) is 1.00. The summed E-state index contributed by atoms with van der Waals surface area (Å²) in [6.45, 7) is 5.91. The Kier molecular flexibility index (Phi) is 4.26. The van der Waals surface area contributed by atoms with E-state index >= 15 is 0 Å². The molecule has 0 saturated carbocycles. The first kappa shape index (κ1) is 10.7. The second-order valence-corrected chi connectivity index (χ2v) is 4.60. The minimum absolute atomic E-state index is 0.00646. The lowest BCUT2D eigenvalue weighted by molar-refractivity contribution is -0.0513. The fourth-order valence-electron chi connectivity index (χ4n) is 1.13. The van der Waals surface area contributed by atoms with Crippen LogP contribution in [0.25, 0.3) is 0 Å². The lowest BCUT2D eigenvalue weighted by atomic mass is 10.2. The van der Waals surface area contributed by atoms with E-state index in [9.17, 15) is 0 Å². The Morgan fingerprint density at radius 3 is 2.83 bits per heavy atom. The van der Waals surface area contributed by atoms with Crippen LogP contribution in [-0.4, -0.2) is 29.3 Å². The average molecular weight is 284 g/mol. The summed E-state index contributed by atoms with van der Waals surface area (Å²) in [4.78, 5) is 0. The van der Waals surface area contributed by atoms with Gasteiger partial charge in [-0.1, -0.05) is 22.6 Å².